The molecule has 0 saturated heterocycles. The van der Waals surface area contributed by atoms with Gasteiger partial charge >= 0.3 is 0 Å². The van der Waals surface area contributed by atoms with Crippen molar-refractivity contribution in [1.29, 1.82) is 10.5 Å². The van der Waals surface area contributed by atoms with Gasteiger partial charge < -0.3 is 0 Å². The zero-order chi connectivity index (χ0) is 13.7. The molecule has 0 heterocycles. The molecule has 1 rings (SSSR count). The molecule has 0 aliphatic carbocycles. The van der Waals surface area contributed by atoms with Crippen LogP contribution in [0.15, 0.2) is 12.1 Å². The third kappa shape index (κ3) is 2.31. The van der Waals surface area contributed by atoms with Gasteiger partial charge in [0.15, 0.2) is 0 Å². The number of hydrogen-bond donors (Lipinski definition) is 0. The van der Waals surface area contributed by atoms with Crippen molar-refractivity contribution in [3.8, 4) is 12.1 Å². The standard InChI is InChI=1S/C13H5ClN4/c1-8-4-10(13(7-16)18-3)11(14)5-9(8)12(6-15)17-2/h4-5H,1H3. The van der Waals surface area contributed by atoms with Crippen molar-refractivity contribution >= 4 is 23.0 Å². The van der Waals surface area contributed by atoms with Crippen molar-refractivity contribution in [2.45, 2.75) is 6.92 Å². The number of rotatable bonds is 0. The van der Waals surface area contributed by atoms with Gasteiger partial charge in [-0.1, -0.05) is 23.2 Å². The predicted octanol–water partition coefficient (Wildman–Crippen LogP) is 1.75. The lowest BCUT2D eigenvalue weighted by Crippen LogP contribution is -2.17. The van der Waals surface area contributed by atoms with Crippen LogP contribution in [0.1, 0.15) is 5.56 Å². The van der Waals surface area contributed by atoms with Crippen LogP contribution in [0.4, 0.5) is 0 Å². The Kier molecular flexibility index (Phi) is 4.07. The maximum absolute atomic E-state index is 8.82. The number of benzene rings is 1. The van der Waals surface area contributed by atoms with E-state index in [1.165, 1.54) is 12.1 Å². The van der Waals surface area contributed by atoms with Gasteiger partial charge in [0.05, 0.1) is 25.3 Å². The molecule has 1 aromatic carbocycles. The van der Waals surface area contributed by atoms with E-state index >= 15 is 0 Å². The zero-order valence-corrected chi connectivity index (χ0v) is 10.1. The predicted molar refractivity (Wildman–Crippen MR) is 66.7 cm³/mol. The van der Waals surface area contributed by atoms with Crippen molar-refractivity contribution < 1.29 is 0 Å². The van der Waals surface area contributed by atoms with Gasteiger partial charge in [-0.15, -0.1) is 0 Å². The van der Waals surface area contributed by atoms with Crippen LogP contribution in [0.2, 0.25) is 5.02 Å². The maximum Gasteiger partial charge on any atom is 0.270 e. The van der Waals surface area contributed by atoms with E-state index in [1.54, 1.807) is 19.1 Å². The van der Waals surface area contributed by atoms with Gasteiger partial charge in [-0.3, -0.25) is 0 Å². The smallest absolute Gasteiger partial charge is 0.226 e. The first-order valence-corrected chi connectivity index (χ1v) is 5.06. The van der Waals surface area contributed by atoms with Crippen LogP contribution in [-0.4, -0.2) is 0 Å². The number of halogens is 1. The number of aryl methyl sites for hydroxylation is 1. The molecule has 0 amide bonds. The number of nitrogens with zero attached hydrogens (tertiary/aromatic N) is 4. The lowest BCUT2D eigenvalue weighted by atomic mass is 10.1. The molecule has 0 fully saturated rings. The average molecular weight is 253 g/mol. The Bertz CT molecular complexity index is 690. The second kappa shape index (κ2) is 5.51. The molecule has 0 radical (unpaired) electrons. The highest BCUT2D eigenvalue weighted by Crippen LogP contribution is 2.05. The highest BCUT2D eigenvalue weighted by atomic mass is 35.5. The molecule has 5 heteroatoms. The van der Waals surface area contributed by atoms with Crippen molar-refractivity contribution in [1.82, 2.24) is 0 Å². The van der Waals surface area contributed by atoms with Crippen molar-refractivity contribution in [3.63, 3.8) is 0 Å². The summed E-state index contributed by atoms with van der Waals surface area (Å²) in [5, 5.41) is 18.5. The SMILES string of the molecule is [C-]#[N+]C(C#N)=c1cc(Cl)c(=C(C#N)[N+]#[C-])cc1C. The summed E-state index contributed by atoms with van der Waals surface area (Å²) < 4.78 is 0. The molecule has 0 saturated carbocycles. The van der Waals surface area contributed by atoms with E-state index in [4.69, 9.17) is 35.3 Å². The van der Waals surface area contributed by atoms with E-state index in [0.29, 0.717) is 16.0 Å². The minimum atomic E-state index is -0.115. The molecule has 18 heavy (non-hydrogen) atoms. The summed E-state index contributed by atoms with van der Waals surface area (Å²) in [5.74, 6) is 0. The molecular weight excluding hydrogens is 248 g/mol. The van der Waals surface area contributed by atoms with Gasteiger partial charge in [-0.2, -0.15) is 0 Å². The first kappa shape index (κ1) is 13.3. The van der Waals surface area contributed by atoms with E-state index in [0.717, 1.165) is 0 Å². The summed E-state index contributed by atoms with van der Waals surface area (Å²) in [6.07, 6.45) is 0. The first-order valence-electron chi connectivity index (χ1n) is 4.69. The Morgan fingerprint density at radius 1 is 1.11 bits per heavy atom. The summed E-state index contributed by atoms with van der Waals surface area (Å²) >= 11 is 5.97. The van der Waals surface area contributed by atoms with Crippen LogP contribution in [0, 0.1) is 42.7 Å². The Morgan fingerprint density at radius 3 is 2.06 bits per heavy atom. The molecule has 0 spiro atoms. The summed E-state index contributed by atoms with van der Waals surface area (Å²) in [6.45, 7) is 15.5. The first-order chi connectivity index (χ1) is 8.58. The molecule has 84 valence electrons. The van der Waals surface area contributed by atoms with E-state index < -0.39 is 0 Å². The van der Waals surface area contributed by atoms with Gasteiger partial charge in [0.25, 0.3) is 11.4 Å². The summed E-state index contributed by atoms with van der Waals surface area (Å²) in [6, 6.07) is 6.52. The molecule has 0 aliphatic rings. The Hall–Kier alpha value is -2.79. The number of hydrogen-bond acceptors (Lipinski definition) is 2. The van der Waals surface area contributed by atoms with E-state index in [9.17, 15) is 0 Å². The normalized spacial score (nSPS) is 12.3. The lowest BCUT2D eigenvalue weighted by molar-refractivity contribution is 1.36. The topological polar surface area (TPSA) is 56.3 Å². The van der Waals surface area contributed by atoms with Crippen molar-refractivity contribution in [2.24, 2.45) is 0 Å². The fourth-order valence-corrected chi connectivity index (χ4v) is 1.66. The van der Waals surface area contributed by atoms with Gasteiger partial charge in [-0.05, 0) is 18.2 Å². The molecular formula is C13H5ClN4. The minimum Gasteiger partial charge on any atom is -0.226 e. The Balaban J connectivity index is 3.96. The molecule has 0 N–H and O–H groups in total. The summed E-state index contributed by atoms with van der Waals surface area (Å²) in [5.41, 5.74) is 0.441. The van der Waals surface area contributed by atoms with E-state index in [2.05, 4.69) is 9.69 Å². The summed E-state index contributed by atoms with van der Waals surface area (Å²) in [4.78, 5) is 6.19. The van der Waals surface area contributed by atoms with Gasteiger partial charge in [0.2, 0.25) is 0 Å². The lowest BCUT2D eigenvalue weighted by Gasteiger charge is -1.99. The van der Waals surface area contributed by atoms with Crippen LogP contribution >= 0.6 is 11.6 Å². The maximum atomic E-state index is 8.82. The third-order valence-corrected chi connectivity index (χ3v) is 2.57. The zero-order valence-electron chi connectivity index (χ0n) is 9.32. The largest absolute Gasteiger partial charge is 0.270 e. The van der Waals surface area contributed by atoms with Gasteiger partial charge in [-0.25, -0.2) is 20.2 Å². The van der Waals surface area contributed by atoms with Crippen LogP contribution in [0.3, 0.4) is 0 Å². The molecule has 4 nitrogen and oxygen atoms in total. The number of nitriles is 2. The van der Waals surface area contributed by atoms with Crippen molar-refractivity contribution in [3.05, 3.63) is 56.0 Å². The fourth-order valence-electron chi connectivity index (χ4n) is 1.41. The van der Waals surface area contributed by atoms with E-state index in [-0.39, 0.29) is 16.4 Å². The van der Waals surface area contributed by atoms with Crippen LogP contribution in [-0.2, 0) is 0 Å². The monoisotopic (exact) mass is 252 g/mol. The molecule has 0 aliphatic heterocycles. The second-order valence-electron chi connectivity index (χ2n) is 3.29. The van der Waals surface area contributed by atoms with Crippen LogP contribution in [0.5, 0.6) is 0 Å². The van der Waals surface area contributed by atoms with E-state index in [1.807, 2.05) is 0 Å². The quantitative estimate of drug-likeness (QED) is 0.661. The molecule has 0 atom stereocenters. The Morgan fingerprint density at radius 2 is 1.61 bits per heavy atom. The molecule has 0 aromatic heterocycles. The second-order valence-corrected chi connectivity index (χ2v) is 3.70. The third-order valence-electron chi connectivity index (χ3n) is 2.26. The minimum absolute atomic E-state index is 0.0673. The summed E-state index contributed by atoms with van der Waals surface area (Å²) in [7, 11) is 0. The highest BCUT2D eigenvalue weighted by molar-refractivity contribution is 6.31. The van der Waals surface area contributed by atoms with Gasteiger partial charge in [0.1, 0.15) is 0 Å². The van der Waals surface area contributed by atoms with Crippen LogP contribution in [0.25, 0.3) is 21.1 Å². The Labute approximate surface area is 109 Å². The molecule has 0 unspecified atom stereocenters. The van der Waals surface area contributed by atoms with Crippen LogP contribution < -0.4 is 10.4 Å². The fraction of sp³-hybridized carbons (Fsp3) is 0.0769. The molecule has 0 bridgehead atoms. The van der Waals surface area contributed by atoms with Crippen molar-refractivity contribution in [2.75, 3.05) is 0 Å². The van der Waals surface area contributed by atoms with Gasteiger partial charge in [0, 0.05) is 10.2 Å². The highest BCUT2D eigenvalue weighted by Gasteiger charge is 2.05. The average Bonchev–Trinajstić information content (AvgIpc) is 2.37. The molecule has 1 aromatic rings.